The van der Waals surface area contributed by atoms with Gasteiger partial charge in [-0.25, -0.2) is 0 Å². The Kier molecular flexibility index (Phi) is 3.57. The number of aromatic amines is 1. The molecule has 6 nitrogen and oxygen atoms in total. The molecule has 0 atom stereocenters. The highest BCUT2D eigenvalue weighted by Gasteiger charge is 2.19. The second-order valence-electron chi connectivity index (χ2n) is 5.65. The van der Waals surface area contributed by atoms with Gasteiger partial charge < -0.3 is 14.4 Å². The predicted octanol–water partition coefficient (Wildman–Crippen LogP) is 2.95. The van der Waals surface area contributed by atoms with Gasteiger partial charge in [-0.3, -0.25) is 9.89 Å². The van der Waals surface area contributed by atoms with Crippen LogP contribution < -0.4 is 9.47 Å². The molecule has 3 aromatic rings. The summed E-state index contributed by atoms with van der Waals surface area (Å²) in [6, 6.07) is 11.4. The van der Waals surface area contributed by atoms with Crippen LogP contribution in [0.4, 0.5) is 0 Å². The molecule has 0 fully saturated rings. The Balaban J connectivity index is 1.61. The minimum atomic E-state index is -0.0231. The number of benzene rings is 2. The first-order valence-electron chi connectivity index (χ1n) is 7.86. The van der Waals surface area contributed by atoms with Crippen LogP contribution in [0.5, 0.6) is 11.5 Å². The quantitative estimate of drug-likeness (QED) is 0.801. The monoisotopic (exact) mass is 323 g/mol. The summed E-state index contributed by atoms with van der Waals surface area (Å²) in [6.07, 6.45) is 1.72. The number of H-pyrrole nitrogens is 1. The van der Waals surface area contributed by atoms with Crippen LogP contribution in [-0.2, 0) is 6.54 Å². The maximum absolute atomic E-state index is 12.9. The van der Waals surface area contributed by atoms with Crippen LogP contribution in [0.15, 0.2) is 42.6 Å². The Hall–Kier alpha value is -3.02. The molecular formula is C18H17N3O3. The van der Waals surface area contributed by atoms with E-state index in [1.807, 2.05) is 43.3 Å². The molecular weight excluding hydrogens is 306 g/mol. The molecule has 1 aliphatic rings. The lowest BCUT2D eigenvalue weighted by atomic mass is 10.1. The van der Waals surface area contributed by atoms with Crippen LogP contribution in [-0.4, -0.2) is 34.3 Å². The second-order valence-corrected chi connectivity index (χ2v) is 5.65. The minimum Gasteiger partial charge on any atom is -0.454 e. The molecule has 0 saturated carbocycles. The van der Waals surface area contributed by atoms with E-state index in [-0.39, 0.29) is 12.7 Å². The number of fused-ring (bicyclic) bond motifs is 2. The molecule has 4 rings (SSSR count). The second kappa shape index (κ2) is 5.88. The molecule has 1 N–H and O–H groups in total. The van der Waals surface area contributed by atoms with Crippen molar-refractivity contribution in [3.63, 3.8) is 0 Å². The maximum atomic E-state index is 12.9. The van der Waals surface area contributed by atoms with E-state index in [1.165, 1.54) is 0 Å². The number of hydrogen-bond donors (Lipinski definition) is 1. The first-order valence-corrected chi connectivity index (χ1v) is 7.86. The van der Waals surface area contributed by atoms with Crippen molar-refractivity contribution in [2.45, 2.75) is 13.5 Å². The summed E-state index contributed by atoms with van der Waals surface area (Å²) >= 11 is 0. The number of carbonyl (C=O) groups is 1. The molecule has 0 aliphatic carbocycles. The highest BCUT2D eigenvalue weighted by molar-refractivity contribution is 6.05. The van der Waals surface area contributed by atoms with Crippen LogP contribution >= 0.6 is 0 Å². The van der Waals surface area contributed by atoms with Crippen molar-refractivity contribution in [2.75, 3.05) is 13.3 Å². The molecule has 0 bridgehead atoms. The van der Waals surface area contributed by atoms with Gasteiger partial charge in [0.1, 0.15) is 0 Å². The van der Waals surface area contributed by atoms with E-state index < -0.39 is 0 Å². The Labute approximate surface area is 139 Å². The number of amides is 1. The predicted molar refractivity (Wildman–Crippen MR) is 89.1 cm³/mol. The maximum Gasteiger partial charge on any atom is 0.256 e. The zero-order chi connectivity index (χ0) is 16.5. The van der Waals surface area contributed by atoms with Gasteiger partial charge in [-0.1, -0.05) is 18.2 Å². The van der Waals surface area contributed by atoms with Crippen LogP contribution in [0, 0.1) is 0 Å². The fourth-order valence-corrected chi connectivity index (χ4v) is 2.90. The fraction of sp³-hybridized carbons (Fsp3) is 0.222. The third-order valence-electron chi connectivity index (χ3n) is 4.19. The van der Waals surface area contributed by atoms with Gasteiger partial charge in [-0.2, -0.15) is 5.10 Å². The molecule has 1 amide bonds. The van der Waals surface area contributed by atoms with E-state index in [0.717, 1.165) is 28.0 Å². The molecule has 1 aliphatic heterocycles. The first kappa shape index (κ1) is 14.6. The highest BCUT2D eigenvalue weighted by atomic mass is 16.7. The van der Waals surface area contributed by atoms with Gasteiger partial charge in [0.05, 0.1) is 17.3 Å². The molecule has 2 heterocycles. The lowest BCUT2D eigenvalue weighted by molar-refractivity contribution is 0.0754. The summed E-state index contributed by atoms with van der Waals surface area (Å²) < 4.78 is 10.7. The topological polar surface area (TPSA) is 67.5 Å². The van der Waals surface area contributed by atoms with E-state index in [2.05, 4.69) is 10.2 Å². The summed E-state index contributed by atoms with van der Waals surface area (Å²) in [6.45, 7) is 3.34. The molecule has 2 aromatic carbocycles. The van der Waals surface area contributed by atoms with Crippen molar-refractivity contribution in [2.24, 2.45) is 0 Å². The third kappa shape index (κ3) is 2.46. The summed E-state index contributed by atoms with van der Waals surface area (Å²) in [7, 11) is 0. The molecule has 0 radical (unpaired) electrons. The van der Waals surface area contributed by atoms with Crippen LogP contribution in [0.2, 0.25) is 0 Å². The first-order chi connectivity index (χ1) is 11.8. The van der Waals surface area contributed by atoms with Crippen molar-refractivity contribution < 1.29 is 14.3 Å². The molecule has 0 saturated heterocycles. The van der Waals surface area contributed by atoms with Crippen molar-refractivity contribution in [1.82, 2.24) is 15.1 Å². The smallest absolute Gasteiger partial charge is 0.256 e. The molecule has 6 heteroatoms. The summed E-state index contributed by atoms with van der Waals surface area (Å²) in [5.41, 5.74) is 2.41. The molecule has 0 unspecified atom stereocenters. The third-order valence-corrected chi connectivity index (χ3v) is 4.19. The average Bonchev–Trinajstić information content (AvgIpc) is 3.26. The summed E-state index contributed by atoms with van der Waals surface area (Å²) in [5.74, 6) is 1.45. The summed E-state index contributed by atoms with van der Waals surface area (Å²) in [5, 5.41) is 7.87. The standard InChI is InChI=1S/C18H17N3O3/c1-2-21(10-12-6-7-15-16(8-12)24-11-23-15)18(22)14-5-3-4-13-9-19-20-17(13)14/h3-9H,2,10-11H2,1H3,(H,19,20). The molecule has 122 valence electrons. The van der Waals surface area contributed by atoms with Gasteiger partial charge >= 0.3 is 0 Å². The molecule has 24 heavy (non-hydrogen) atoms. The van der Waals surface area contributed by atoms with Gasteiger partial charge in [0, 0.05) is 18.5 Å². The lowest BCUT2D eigenvalue weighted by Crippen LogP contribution is -2.30. The largest absolute Gasteiger partial charge is 0.454 e. The van der Waals surface area contributed by atoms with Crippen molar-refractivity contribution in [1.29, 1.82) is 0 Å². The van der Waals surface area contributed by atoms with Crippen molar-refractivity contribution >= 4 is 16.8 Å². The minimum absolute atomic E-state index is 0.0231. The number of aromatic nitrogens is 2. The lowest BCUT2D eigenvalue weighted by Gasteiger charge is -2.21. The van der Waals surface area contributed by atoms with Gasteiger partial charge in [0.15, 0.2) is 11.5 Å². The number of carbonyl (C=O) groups excluding carboxylic acids is 1. The number of nitrogens with one attached hydrogen (secondary N) is 1. The fourth-order valence-electron chi connectivity index (χ4n) is 2.90. The highest BCUT2D eigenvalue weighted by Crippen LogP contribution is 2.33. The van der Waals surface area contributed by atoms with Gasteiger partial charge in [0.2, 0.25) is 6.79 Å². The molecule has 0 spiro atoms. The number of nitrogens with zero attached hydrogens (tertiary/aromatic N) is 2. The Morgan fingerprint density at radius 2 is 2.12 bits per heavy atom. The van der Waals surface area contributed by atoms with Gasteiger partial charge in [0.25, 0.3) is 5.91 Å². The Morgan fingerprint density at radius 3 is 3.00 bits per heavy atom. The van der Waals surface area contributed by atoms with Crippen LogP contribution in [0.3, 0.4) is 0 Å². The van der Waals surface area contributed by atoms with E-state index in [9.17, 15) is 4.79 Å². The normalized spacial score (nSPS) is 12.5. The number of ether oxygens (including phenoxy) is 2. The van der Waals surface area contributed by atoms with Gasteiger partial charge in [-0.15, -0.1) is 0 Å². The number of para-hydroxylation sites is 1. The van der Waals surface area contributed by atoms with E-state index in [0.29, 0.717) is 18.7 Å². The van der Waals surface area contributed by atoms with E-state index in [1.54, 1.807) is 11.1 Å². The van der Waals surface area contributed by atoms with E-state index in [4.69, 9.17) is 9.47 Å². The average molecular weight is 323 g/mol. The van der Waals surface area contributed by atoms with Crippen molar-refractivity contribution in [3.05, 3.63) is 53.7 Å². The number of hydrogen-bond acceptors (Lipinski definition) is 4. The zero-order valence-corrected chi connectivity index (χ0v) is 13.3. The van der Waals surface area contributed by atoms with E-state index >= 15 is 0 Å². The van der Waals surface area contributed by atoms with Crippen LogP contribution in [0.25, 0.3) is 10.9 Å². The SMILES string of the molecule is CCN(Cc1ccc2c(c1)OCO2)C(=O)c1cccc2cn[nH]c12. The van der Waals surface area contributed by atoms with Crippen molar-refractivity contribution in [3.8, 4) is 11.5 Å². The number of rotatable bonds is 4. The Morgan fingerprint density at radius 1 is 1.25 bits per heavy atom. The van der Waals surface area contributed by atoms with Crippen LogP contribution in [0.1, 0.15) is 22.8 Å². The Bertz CT molecular complexity index is 903. The van der Waals surface area contributed by atoms with Gasteiger partial charge in [-0.05, 0) is 30.7 Å². The zero-order valence-electron chi connectivity index (χ0n) is 13.3. The summed E-state index contributed by atoms with van der Waals surface area (Å²) in [4.78, 5) is 14.7. The molecule has 1 aromatic heterocycles.